The highest BCUT2D eigenvalue weighted by atomic mass is 32.2. The monoisotopic (exact) mass is 509 g/mol. The molecule has 2 aliphatic rings. The molecule has 2 heterocycles. The number of rotatable bonds is 9. The Morgan fingerprint density at radius 3 is 2.47 bits per heavy atom. The molecule has 0 unspecified atom stereocenters. The Labute approximate surface area is 212 Å². The summed E-state index contributed by atoms with van der Waals surface area (Å²) in [5.74, 6) is -0.191. The molecule has 9 heteroatoms. The van der Waals surface area contributed by atoms with Gasteiger partial charge in [-0.25, -0.2) is 12.7 Å². The highest BCUT2D eigenvalue weighted by Gasteiger charge is 2.30. The molecule has 1 saturated carbocycles. The Morgan fingerprint density at radius 2 is 1.78 bits per heavy atom. The van der Waals surface area contributed by atoms with Crippen molar-refractivity contribution in [3.8, 4) is 11.1 Å². The number of carbonyl (C=O) groups is 1. The molecule has 0 radical (unpaired) electrons. The number of hydrogen-bond acceptors (Lipinski definition) is 5. The molecule has 192 valence electrons. The normalized spacial score (nSPS) is 18.2. The van der Waals surface area contributed by atoms with Crippen LogP contribution in [-0.4, -0.2) is 60.3 Å². The number of nitrogens with zero attached hydrogens (tertiary/aromatic N) is 2. The van der Waals surface area contributed by atoms with Gasteiger partial charge in [-0.15, -0.1) is 0 Å². The Bertz CT molecular complexity index is 1310. The molecule has 0 atom stereocenters. The number of nitrogens with one attached hydrogen (secondary N) is 2. The van der Waals surface area contributed by atoms with Gasteiger partial charge >= 0.3 is 0 Å². The number of carbonyl (C=O) groups excluding carboxylic acids is 1. The van der Waals surface area contributed by atoms with Gasteiger partial charge in [0.25, 0.3) is 5.91 Å². The lowest BCUT2D eigenvalue weighted by Crippen LogP contribution is -2.40. The average Bonchev–Trinajstić information content (AvgIpc) is 3.57. The van der Waals surface area contributed by atoms with Crippen molar-refractivity contribution in [1.29, 1.82) is 0 Å². The van der Waals surface area contributed by atoms with Crippen molar-refractivity contribution in [3.05, 3.63) is 53.7 Å². The molecule has 36 heavy (non-hydrogen) atoms. The van der Waals surface area contributed by atoms with Crippen molar-refractivity contribution in [3.63, 3.8) is 0 Å². The van der Waals surface area contributed by atoms with Gasteiger partial charge in [-0.2, -0.15) is 5.10 Å². The van der Waals surface area contributed by atoms with Gasteiger partial charge in [0.2, 0.25) is 10.0 Å². The quantitative estimate of drug-likeness (QED) is 0.379. The maximum absolute atomic E-state index is 12.9. The number of fused-ring (bicyclic) bond motifs is 1. The lowest BCUT2D eigenvalue weighted by molar-refractivity contribution is 0.100. The first-order valence-electron chi connectivity index (χ1n) is 13.0. The lowest BCUT2D eigenvalue weighted by atomic mass is 9.90. The molecule has 8 nitrogen and oxygen atoms in total. The number of primary amides is 1. The van der Waals surface area contributed by atoms with Crippen molar-refractivity contribution >= 4 is 26.8 Å². The van der Waals surface area contributed by atoms with Gasteiger partial charge in [-0.05, 0) is 61.9 Å². The third-order valence-electron chi connectivity index (χ3n) is 7.68. The smallest absolute Gasteiger partial charge is 0.251 e. The van der Waals surface area contributed by atoms with E-state index in [1.807, 2.05) is 30.3 Å². The summed E-state index contributed by atoms with van der Waals surface area (Å²) in [5.41, 5.74) is 9.51. The maximum atomic E-state index is 12.9. The van der Waals surface area contributed by atoms with Crippen molar-refractivity contribution < 1.29 is 13.2 Å². The van der Waals surface area contributed by atoms with Crippen LogP contribution in [0.25, 0.3) is 22.0 Å². The fourth-order valence-electron chi connectivity index (χ4n) is 5.68. The molecule has 0 bridgehead atoms. The molecular formula is C27H35N5O3S. The van der Waals surface area contributed by atoms with Crippen molar-refractivity contribution in [2.75, 3.05) is 25.4 Å². The first-order valence-corrected chi connectivity index (χ1v) is 14.6. The molecular weight excluding hydrogens is 474 g/mol. The minimum atomic E-state index is -3.27. The summed E-state index contributed by atoms with van der Waals surface area (Å²) in [6.07, 6.45) is 7.01. The molecule has 1 saturated heterocycles. The van der Waals surface area contributed by atoms with Crippen molar-refractivity contribution in [2.45, 2.75) is 56.9 Å². The van der Waals surface area contributed by atoms with Crippen LogP contribution < -0.4 is 11.1 Å². The molecule has 1 aliphatic carbocycles. The summed E-state index contributed by atoms with van der Waals surface area (Å²) in [7, 11) is -3.27. The molecule has 2 fully saturated rings. The van der Waals surface area contributed by atoms with E-state index in [0.29, 0.717) is 49.5 Å². The van der Waals surface area contributed by atoms with Crippen LogP contribution in [0.3, 0.4) is 0 Å². The summed E-state index contributed by atoms with van der Waals surface area (Å²) in [6, 6.07) is 14.3. The molecule has 2 aromatic carbocycles. The largest absolute Gasteiger partial charge is 0.366 e. The van der Waals surface area contributed by atoms with Gasteiger partial charge in [-0.1, -0.05) is 43.2 Å². The van der Waals surface area contributed by atoms with Crippen LogP contribution in [-0.2, 0) is 10.0 Å². The molecule has 4 N–H and O–H groups in total. The Kier molecular flexibility index (Phi) is 7.41. The van der Waals surface area contributed by atoms with Gasteiger partial charge in [0.05, 0.1) is 11.3 Å². The van der Waals surface area contributed by atoms with E-state index in [2.05, 4.69) is 21.6 Å². The number of amides is 1. The highest BCUT2D eigenvalue weighted by molar-refractivity contribution is 7.89. The lowest BCUT2D eigenvalue weighted by Gasteiger charge is -2.31. The second-order valence-corrected chi connectivity index (χ2v) is 12.2. The fraction of sp³-hybridized carbons (Fsp3) is 0.481. The highest BCUT2D eigenvalue weighted by Crippen LogP contribution is 2.35. The number of benzene rings is 2. The van der Waals surface area contributed by atoms with Gasteiger partial charge in [0.15, 0.2) is 0 Å². The van der Waals surface area contributed by atoms with Crippen LogP contribution >= 0.6 is 0 Å². The molecule has 1 aromatic heterocycles. The van der Waals surface area contributed by atoms with Crippen LogP contribution in [0.4, 0.5) is 0 Å². The molecule has 1 amide bonds. The standard InChI is InChI=1S/C27H35N5O3S/c28-27(33)24-18-21(19-7-2-1-3-8-19)17-23-25(30-31-26(23)24)20-11-14-32(15-12-20)36(34,35)16-6-13-29-22-9-4-5-10-22/h1-3,7-8,17-18,20,22,29H,4-6,9-16H2,(H2,28,33)(H,30,31). The van der Waals surface area contributed by atoms with Crippen molar-refractivity contribution in [1.82, 2.24) is 19.8 Å². The van der Waals surface area contributed by atoms with Crippen LogP contribution in [0.1, 0.15) is 66.9 Å². The van der Waals surface area contributed by atoms with Gasteiger partial charge in [0, 0.05) is 36.1 Å². The SMILES string of the molecule is NC(=O)c1cc(-c2ccccc2)cc2c(C3CCN(S(=O)(=O)CCCNC4CCCC4)CC3)[nH]nc12. The molecule has 3 aromatic rings. The number of H-pyrrole nitrogens is 1. The predicted octanol–water partition coefficient (Wildman–Crippen LogP) is 3.76. The maximum Gasteiger partial charge on any atom is 0.251 e. The van der Waals surface area contributed by atoms with E-state index in [1.165, 1.54) is 25.7 Å². The van der Waals surface area contributed by atoms with Crippen LogP contribution in [0.5, 0.6) is 0 Å². The van der Waals surface area contributed by atoms with Gasteiger partial charge in [-0.3, -0.25) is 9.89 Å². The second-order valence-electron chi connectivity index (χ2n) is 10.1. The topological polar surface area (TPSA) is 121 Å². The number of piperidine rings is 1. The van der Waals surface area contributed by atoms with Crippen molar-refractivity contribution in [2.24, 2.45) is 5.73 Å². The first-order chi connectivity index (χ1) is 17.4. The second kappa shape index (κ2) is 10.7. The minimum Gasteiger partial charge on any atom is -0.366 e. The fourth-order valence-corrected chi connectivity index (χ4v) is 7.21. The Hall–Kier alpha value is -2.75. The van der Waals surface area contributed by atoms with E-state index in [1.54, 1.807) is 10.4 Å². The summed E-state index contributed by atoms with van der Waals surface area (Å²) < 4.78 is 27.5. The molecule has 1 aliphatic heterocycles. The van der Waals surface area contributed by atoms with E-state index < -0.39 is 15.9 Å². The first kappa shape index (κ1) is 24.9. The summed E-state index contributed by atoms with van der Waals surface area (Å²) in [5, 5.41) is 12.0. The number of aromatic amines is 1. The van der Waals surface area contributed by atoms with E-state index >= 15 is 0 Å². The number of aromatic nitrogens is 2. The van der Waals surface area contributed by atoms with Gasteiger partial charge in [0.1, 0.15) is 5.52 Å². The van der Waals surface area contributed by atoms with E-state index in [4.69, 9.17) is 5.73 Å². The van der Waals surface area contributed by atoms with Crippen LogP contribution in [0.15, 0.2) is 42.5 Å². The number of hydrogen-bond donors (Lipinski definition) is 3. The Balaban J connectivity index is 1.27. The van der Waals surface area contributed by atoms with Crippen LogP contribution in [0.2, 0.25) is 0 Å². The van der Waals surface area contributed by atoms with E-state index in [-0.39, 0.29) is 11.7 Å². The third kappa shape index (κ3) is 5.33. The van der Waals surface area contributed by atoms with Gasteiger partial charge < -0.3 is 11.1 Å². The molecule has 0 spiro atoms. The van der Waals surface area contributed by atoms with E-state index in [0.717, 1.165) is 28.8 Å². The van der Waals surface area contributed by atoms with Crippen LogP contribution in [0, 0.1) is 0 Å². The summed E-state index contributed by atoms with van der Waals surface area (Å²) in [6.45, 7) is 1.74. The molecule has 5 rings (SSSR count). The predicted molar refractivity (Wildman–Crippen MR) is 142 cm³/mol. The Morgan fingerprint density at radius 1 is 1.06 bits per heavy atom. The van der Waals surface area contributed by atoms with E-state index in [9.17, 15) is 13.2 Å². The number of nitrogens with two attached hydrogens (primary N) is 1. The zero-order valence-electron chi connectivity index (χ0n) is 20.6. The average molecular weight is 510 g/mol. The zero-order valence-corrected chi connectivity index (χ0v) is 21.4. The minimum absolute atomic E-state index is 0.136. The third-order valence-corrected chi connectivity index (χ3v) is 9.64. The summed E-state index contributed by atoms with van der Waals surface area (Å²) in [4.78, 5) is 12.2. The number of sulfonamides is 1. The zero-order chi connectivity index (χ0) is 25.1. The summed E-state index contributed by atoms with van der Waals surface area (Å²) >= 11 is 0.